The van der Waals surface area contributed by atoms with Crippen LogP contribution in [0.3, 0.4) is 0 Å². The van der Waals surface area contributed by atoms with Crippen molar-refractivity contribution in [1.29, 1.82) is 0 Å². The lowest BCUT2D eigenvalue weighted by Crippen LogP contribution is -2.32. The largest absolute Gasteiger partial charge is 0.372 e. The SMILES string of the molecule is CCN(CC1CC12CCNCC2)c1ccc(F)cc1. The summed E-state index contributed by atoms with van der Waals surface area (Å²) in [6.07, 6.45) is 4.05. The number of rotatable bonds is 4. The van der Waals surface area contributed by atoms with Gasteiger partial charge in [0.2, 0.25) is 0 Å². The minimum Gasteiger partial charge on any atom is -0.372 e. The predicted molar refractivity (Wildman–Crippen MR) is 76.9 cm³/mol. The van der Waals surface area contributed by atoms with Crippen LogP contribution in [0, 0.1) is 17.2 Å². The van der Waals surface area contributed by atoms with E-state index in [0.717, 1.165) is 24.7 Å². The van der Waals surface area contributed by atoms with Crippen LogP contribution in [-0.4, -0.2) is 26.2 Å². The normalized spacial score (nSPS) is 24.4. The summed E-state index contributed by atoms with van der Waals surface area (Å²) in [6.45, 7) is 6.66. The maximum absolute atomic E-state index is 13.0. The van der Waals surface area contributed by atoms with Crippen LogP contribution in [0.5, 0.6) is 0 Å². The van der Waals surface area contributed by atoms with Gasteiger partial charge in [-0.1, -0.05) is 0 Å². The molecular weight excluding hydrogens is 239 g/mol. The highest BCUT2D eigenvalue weighted by atomic mass is 19.1. The van der Waals surface area contributed by atoms with E-state index in [2.05, 4.69) is 17.1 Å². The summed E-state index contributed by atoms with van der Waals surface area (Å²) in [5, 5.41) is 3.45. The molecule has 0 amide bonds. The summed E-state index contributed by atoms with van der Waals surface area (Å²) < 4.78 is 13.0. The van der Waals surface area contributed by atoms with Gasteiger partial charge in [0.15, 0.2) is 0 Å². The monoisotopic (exact) mass is 262 g/mol. The van der Waals surface area contributed by atoms with Crippen molar-refractivity contribution < 1.29 is 4.39 Å². The topological polar surface area (TPSA) is 15.3 Å². The van der Waals surface area contributed by atoms with Crippen LogP contribution in [0.15, 0.2) is 24.3 Å². The minimum atomic E-state index is -0.152. The zero-order valence-electron chi connectivity index (χ0n) is 11.7. The van der Waals surface area contributed by atoms with E-state index in [1.165, 1.54) is 32.4 Å². The molecular formula is C16H23FN2. The molecule has 1 saturated heterocycles. The molecule has 2 nitrogen and oxygen atoms in total. The average molecular weight is 262 g/mol. The van der Waals surface area contributed by atoms with E-state index in [4.69, 9.17) is 0 Å². The van der Waals surface area contributed by atoms with Gasteiger partial charge in [0.1, 0.15) is 5.82 Å². The first-order valence-electron chi connectivity index (χ1n) is 7.45. The van der Waals surface area contributed by atoms with Crippen molar-refractivity contribution in [3.8, 4) is 0 Å². The van der Waals surface area contributed by atoms with Gasteiger partial charge in [-0.05, 0) is 74.9 Å². The van der Waals surface area contributed by atoms with Crippen molar-refractivity contribution in [3.63, 3.8) is 0 Å². The lowest BCUT2D eigenvalue weighted by molar-refractivity contribution is 0.323. The Labute approximate surface area is 115 Å². The molecule has 1 aromatic rings. The Kier molecular flexibility index (Phi) is 3.48. The first-order valence-corrected chi connectivity index (χ1v) is 7.45. The molecule has 2 fully saturated rings. The Hall–Kier alpha value is -1.09. The van der Waals surface area contributed by atoms with Gasteiger partial charge in [-0.15, -0.1) is 0 Å². The second kappa shape index (κ2) is 5.12. The fourth-order valence-electron chi connectivity index (χ4n) is 3.56. The maximum Gasteiger partial charge on any atom is 0.123 e. The van der Waals surface area contributed by atoms with Crippen molar-refractivity contribution in [3.05, 3.63) is 30.1 Å². The first-order chi connectivity index (χ1) is 9.23. The number of benzene rings is 1. The van der Waals surface area contributed by atoms with Gasteiger partial charge in [0, 0.05) is 18.8 Å². The van der Waals surface area contributed by atoms with Gasteiger partial charge >= 0.3 is 0 Å². The number of halogens is 1. The standard InChI is InChI=1S/C16H23FN2/c1-2-19(15-5-3-14(17)4-6-15)12-13-11-16(13)7-9-18-10-8-16/h3-6,13,18H,2,7-12H2,1H3. The number of nitrogens with zero attached hydrogens (tertiary/aromatic N) is 1. The summed E-state index contributed by atoms with van der Waals surface area (Å²) in [6, 6.07) is 6.92. The van der Waals surface area contributed by atoms with Crippen molar-refractivity contribution in [2.24, 2.45) is 11.3 Å². The lowest BCUT2D eigenvalue weighted by Gasteiger charge is -2.27. The molecule has 2 aliphatic rings. The molecule has 104 valence electrons. The fraction of sp³-hybridized carbons (Fsp3) is 0.625. The van der Waals surface area contributed by atoms with Crippen LogP contribution in [0.4, 0.5) is 10.1 Å². The molecule has 3 rings (SSSR count). The highest BCUT2D eigenvalue weighted by Crippen LogP contribution is 2.58. The van der Waals surface area contributed by atoms with Crippen LogP contribution in [0.25, 0.3) is 0 Å². The molecule has 1 saturated carbocycles. The van der Waals surface area contributed by atoms with E-state index in [1.807, 2.05) is 12.1 Å². The highest BCUT2D eigenvalue weighted by molar-refractivity contribution is 5.46. The van der Waals surface area contributed by atoms with Gasteiger partial charge in [0.25, 0.3) is 0 Å². The minimum absolute atomic E-state index is 0.152. The Morgan fingerprint density at radius 2 is 1.95 bits per heavy atom. The smallest absolute Gasteiger partial charge is 0.123 e. The molecule has 0 bridgehead atoms. The first kappa shape index (κ1) is 12.9. The van der Waals surface area contributed by atoms with Crippen LogP contribution in [0.2, 0.25) is 0 Å². The summed E-state index contributed by atoms with van der Waals surface area (Å²) in [5.41, 5.74) is 1.78. The second-order valence-electron chi connectivity index (χ2n) is 6.03. The number of hydrogen-bond donors (Lipinski definition) is 1. The third-order valence-electron chi connectivity index (χ3n) is 4.97. The van der Waals surface area contributed by atoms with Gasteiger partial charge in [-0.3, -0.25) is 0 Å². The van der Waals surface area contributed by atoms with Crippen LogP contribution >= 0.6 is 0 Å². The fourth-order valence-corrected chi connectivity index (χ4v) is 3.56. The third-order valence-corrected chi connectivity index (χ3v) is 4.97. The maximum atomic E-state index is 13.0. The number of anilines is 1. The van der Waals surface area contributed by atoms with E-state index >= 15 is 0 Å². The quantitative estimate of drug-likeness (QED) is 0.897. The zero-order chi connectivity index (χ0) is 13.3. The van der Waals surface area contributed by atoms with Crippen LogP contribution in [0.1, 0.15) is 26.2 Å². The van der Waals surface area contributed by atoms with E-state index < -0.39 is 0 Å². The molecule has 19 heavy (non-hydrogen) atoms. The molecule has 1 N–H and O–H groups in total. The third kappa shape index (κ3) is 2.62. The van der Waals surface area contributed by atoms with E-state index in [9.17, 15) is 4.39 Å². The number of piperidine rings is 1. The second-order valence-corrected chi connectivity index (χ2v) is 6.03. The summed E-state index contributed by atoms with van der Waals surface area (Å²) >= 11 is 0. The van der Waals surface area contributed by atoms with E-state index in [-0.39, 0.29) is 5.82 Å². The average Bonchev–Trinajstić information content (AvgIpc) is 3.09. The van der Waals surface area contributed by atoms with Crippen molar-refractivity contribution >= 4 is 5.69 Å². The van der Waals surface area contributed by atoms with Crippen LogP contribution in [-0.2, 0) is 0 Å². The molecule has 0 aromatic heterocycles. The molecule has 0 radical (unpaired) electrons. The summed E-state index contributed by atoms with van der Waals surface area (Å²) in [4.78, 5) is 2.39. The Morgan fingerprint density at radius 3 is 2.58 bits per heavy atom. The van der Waals surface area contributed by atoms with Gasteiger partial charge in [-0.25, -0.2) is 4.39 Å². The highest BCUT2D eigenvalue weighted by Gasteiger charge is 2.53. The summed E-state index contributed by atoms with van der Waals surface area (Å²) in [5.74, 6) is 0.681. The molecule has 3 heteroatoms. The van der Waals surface area contributed by atoms with Crippen molar-refractivity contribution in [1.82, 2.24) is 5.32 Å². The molecule has 1 spiro atoms. The van der Waals surface area contributed by atoms with E-state index in [0.29, 0.717) is 5.41 Å². The Bertz CT molecular complexity index is 423. The van der Waals surface area contributed by atoms with Gasteiger partial charge in [0.05, 0.1) is 0 Å². The number of hydrogen-bond acceptors (Lipinski definition) is 2. The summed E-state index contributed by atoms with van der Waals surface area (Å²) in [7, 11) is 0. The molecule has 1 heterocycles. The Morgan fingerprint density at radius 1 is 1.26 bits per heavy atom. The van der Waals surface area contributed by atoms with E-state index in [1.54, 1.807) is 12.1 Å². The molecule has 1 unspecified atom stereocenters. The molecule has 1 atom stereocenters. The molecule has 1 aliphatic heterocycles. The van der Waals surface area contributed by atoms with Crippen LogP contribution < -0.4 is 10.2 Å². The van der Waals surface area contributed by atoms with Gasteiger partial charge < -0.3 is 10.2 Å². The predicted octanol–water partition coefficient (Wildman–Crippen LogP) is 3.04. The van der Waals surface area contributed by atoms with Gasteiger partial charge in [-0.2, -0.15) is 0 Å². The molecule has 1 aromatic carbocycles. The molecule has 1 aliphatic carbocycles. The lowest BCUT2D eigenvalue weighted by atomic mass is 9.92. The number of nitrogens with one attached hydrogen (secondary N) is 1. The zero-order valence-corrected chi connectivity index (χ0v) is 11.7. The van der Waals surface area contributed by atoms with Crippen molar-refractivity contribution in [2.75, 3.05) is 31.1 Å². The van der Waals surface area contributed by atoms with Crippen molar-refractivity contribution in [2.45, 2.75) is 26.2 Å². The Balaban J connectivity index is 1.63.